The van der Waals surface area contributed by atoms with Crippen molar-refractivity contribution in [2.24, 2.45) is 0 Å². The van der Waals surface area contributed by atoms with Crippen molar-refractivity contribution in [2.75, 3.05) is 4.90 Å². The van der Waals surface area contributed by atoms with Crippen LogP contribution in [0.3, 0.4) is 0 Å². The standard InChI is InChI=1S/C58H39NO/c1-57(2)46-25-9-3-20-40(46)43-23-15-24-44(56(43)57)42-21-7-13-29-51(42)59(52-30-16-32-54-55(52)45-22-8-14-31-53(45)60-54)36-33-34-41-39-19-6-12-28-49(39)58(50(41)35-36)47-26-10-4-17-37(47)38-18-5-11-27-48(38)58/h3-35H,1-2H3. The van der Waals surface area contributed by atoms with Gasteiger partial charge in [0.15, 0.2) is 0 Å². The lowest BCUT2D eigenvalue weighted by atomic mass is 9.70. The van der Waals surface area contributed by atoms with Crippen LogP contribution in [-0.2, 0) is 10.8 Å². The summed E-state index contributed by atoms with van der Waals surface area (Å²) in [6, 6.07) is 74.2. The van der Waals surface area contributed by atoms with Crippen LogP contribution < -0.4 is 4.90 Å². The summed E-state index contributed by atoms with van der Waals surface area (Å²) in [5, 5.41) is 2.20. The Hall–Kier alpha value is -7.42. The van der Waals surface area contributed by atoms with Crippen LogP contribution >= 0.6 is 0 Å². The second-order valence-corrected chi connectivity index (χ2v) is 17.1. The monoisotopic (exact) mass is 765 g/mol. The highest BCUT2D eigenvalue weighted by molar-refractivity contribution is 6.14. The molecule has 10 aromatic rings. The molecule has 2 heteroatoms. The summed E-state index contributed by atoms with van der Waals surface area (Å²) < 4.78 is 6.60. The van der Waals surface area contributed by atoms with E-state index < -0.39 is 5.41 Å². The highest BCUT2D eigenvalue weighted by atomic mass is 16.3. The van der Waals surface area contributed by atoms with Crippen LogP contribution in [0.5, 0.6) is 0 Å². The van der Waals surface area contributed by atoms with E-state index in [0.29, 0.717) is 0 Å². The van der Waals surface area contributed by atoms with Crippen LogP contribution in [0.2, 0.25) is 0 Å². The summed E-state index contributed by atoms with van der Waals surface area (Å²) in [4.78, 5) is 2.51. The lowest BCUT2D eigenvalue weighted by Gasteiger charge is -2.33. The van der Waals surface area contributed by atoms with Crippen molar-refractivity contribution in [3.05, 3.63) is 234 Å². The SMILES string of the molecule is CC1(C)c2ccccc2-c2cccc(-c3ccccc3N(c3ccc4c(c3)C3(c5ccccc5-c5ccccc53)c3ccccc3-4)c3cccc4oc5ccccc5c34)c21. The Bertz CT molecular complexity index is 3370. The number of hydrogen-bond acceptors (Lipinski definition) is 2. The van der Waals surface area contributed by atoms with Crippen LogP contribution in [0.25, 0.3) is 66.4 Å². The fraction of sp³-hybridized carbons (Fsp3) is 0.0690. The zero-order valence-corrected chi connectivity index (χ0v) is 33.4. The van der Waals surface area contributed by atoms with Gasteiger partial charge < -0.3 is 9.32 Å². The molecular weight excluding hydrogens is 727 g/mol. The predicted octanol–water partition coefficient (Wildman–Crippen LogP) is 15.4. The molecule has 0 fully saturated rings. The Morgan fingerprint density at radius 3 is 1.52 bits per heavy atom. The van der Waals surface area contributed by atoms with E-state index in [9.17, 15) is 0 Å². The van der Waals surface area contributed by atoms with Gasteiger partial charge in [0, 0.05) is 22.1 Å². The molecule has 3 aliphatic carbocycles. The molecule has 1 heterocycles. The number of nitrogens with zero attached hydrogens (tertiary/aromatic N) is 1. The first kappa shape index (κ1) is 33.5. The molecule has 0 saturated carbocycles. The van der Waals surface area contributed by atoms with Crippen molar-refractivity contribution < 1.29 is 4.42 Å². The van der Waals surface area contributed by atoms with E-state index in [1.54, 1.807) is 0 Å². The summed E-state index contributed by atoms with van der Waals surface area (Å²) in [5.74, 6) is 0. The summed E-state index contributed by atoms with van der Waals surface area (Å²) in [6.07, 6.45) is 0. The van der Waals surface area contributed by atoms with Gasteiger partial charge in [-0.3, -0.25) is 0 Å². The summed E-state index contributed by atoms with van der Waals surface area (Å²) in [5.41, 5.74) is 22.7. The van der Waals surface area contributed by atoms with Crippen molar-refractivity contribution >= 4 is 39.0 Å². The lowest BCUT2D eigenvalue weighted by Crippen LogP contribution is -2.26. The minimum atomic E-state index is -0.468. The molecule has 3 aliphatic rings. The second kappa shape index (κ2) is 12.1. The van der Waals surface area contributed by atoms with Gasteiger partial charge in [0.05, 0.1) is 22.2 Å². The molecule has 0 unspecified atom stereocenters. The maximum absolute atomic E-state index is 6.60. The summed E-state index contributed by atoms with van der Waals surface area (Å²) in [6.45, 7) is 4.77. The molecule has 0 radical (unpaired) electrons. The van der Waals surface area contributed by atoms with E-state index in [0.717, 1.165) is 39.0 Å². The second-order valence-electron chi connectivity index (χ2n) is 17.1. The fourth-order valence-electron chi connectivity index (χ4n) is 11.5. The van der Waals surface area contributed by atoms with E-state index in [4.69, 9.17) is 4.42 Å². The first-order valence-corrected chi connectivity index (χ1v) is 21.0. The van der Waals surface area contributed by atoms with E-state index >= 15 is 0 Å². The minimum absolute atomic E-state index is 0.184. The Kier molecular flexibility index (Phi) is 6.74. The van der Waals surface area contributed by atoms with Gasteiger partial charge in [0.25, 0.3) is 0 Å². The number of anilines is 3. The van der Waals surface area contributed by atoms with Gasteiger partial charge >= 0.3 is 0 Å². The van der Waals surface area contributed by atoms with Crippen molar-refractivity contribution in [3.8, 4) is 44.5 Å². The lowest BCUT2D eigenvalue weighted by molar-refractivity contribution is 0.662. The average Bonchev–Trinajstić information content (AvgIpc) is 3.99. The molecule has 1 spiro atoms. The topological polar surface area (TPSA) is 16.4 Å². The largest absolute Gasteiger partial charge is 0.456 e. The normalized spacial score (nSPS) is 14.4. The maximum atomic E-state index is 6.60. The van der Waals surface area contributed by atoms with Crippen LogP contribution in [0.15, 0.2) is 205 Å². The molecule has 0 N–H and O–H groups in total. The van der Waals surface area contributed by atoms with Crippen LogP contribution in [0.1, 0.15) is 47.2 Å². The van der Waals surface area contributed by atoms with Gasteiger partial charge in [-0.05, 0) is 109 Å². The molecule has 282 valence electrons. The van der Waals surface area contributed by atoms with E-state index in [2.05, 4.69) is 219 Å². The first-order chi connectivity index (χ1) is 29.5. The number of furan rings is 1. The predicted molar refractivity (Wildman–Crippen MR) is 248 cm³/mol. The van der Waals surface area contributed by atoms with Crippen molar-refractivity contribution in [1.82, 2.24) is 0 Å². The van der Waals surface area contributed by atoms with Crippen LogP contribution in [0.4, 0.5) is 17.1 Å². The number of fused-ring (bicyclic) bond motifs is 16. The Morgan fingerprint density at radius 1 is 0.367 bits per heavy atom. The highest BCUT2D eigenvalue weighted by Crippen LogP contribution is 2.64. The molecule has 1 aromatic heterocycles. The van der Waals surface area contributed by atoms with Gasteiger partial charge in [0.2, 0.25) is 0 Å². The van der Waals surface area contributed by atoms with Gasteiger partial charge in [-0.25, -0.2) is 0 Å². The quantitative estimate of drug-likeness (QED) is 0.177. The third-order valence-corrected chi connectivity index (χ3v) is 13.9. The van der Waals surface area contributed by atoms with E-state index in [-0.39, 0.29) is 5.41 Å². The molecule has 0 saturated heterocycles. The fourth-order valence-corrected chi connectivity index (χ4v) is 11.5. The van der Waals surface area contributed by atoms with Gasteiger partial charge in [0.1, 0.15) is 11.2 Å². The van der Waals surface area contributed by atoms with Crippen LogP contribution in [-0.4, -0.2) is 0 Å². The van der Waals surface area contributed by atoms with E-state index in [1.165, 1.54) is 77.9 Å². The van der Waals surface area contributed by atoms with Gasteiger partial charge in [-0.1, -0.05) is 178 Å². The Morgan fingerprint density at radius 2 is 0.833 bits per heavy atom. The Labute approximate surface area is 349 Å². The first-order valence-electron chi connectivity index (χ1n) is 21.0. The Balaban J connectivity index is 1.12. The molecule has 0 atom stereocenters. The van der Waals surface area contributed by atoms with Crippen molar-refractivity contribution in [2.45, 2.75) is 24.7 Å². The molecule has 0 aliphatic heterocycles. The highest BCUT2D eigenvalue weighted by Gasteiger charge is 2.51. The maximum Gasteiger partial charge on any atom is 0.137 e. The average molecular weight is 766 g/mol. The third kappa shape index (κ3) is 4.22. The zero-order valence-electron chi connectivity index (χ0n) is 33.4. The number of para-hydroxylation sites is 2. The number of rotatable bonds is 4. The summed E-state index contributed by atoms with van der Waals surface area (Å²) >= 11 is 0. The molecule has 60 heavy (non-hydrogen) atoms. The number of hydrogen-bond donors (Lipinski definition) is 0. The zero-order chi connectivity index (χ0) is 39.7. The van der Waals surface area contributed by atoms with Gasteiger partial charge in [-0.15, -0.1) is 0 Å². The van der Waals surface area contributed by atoms with Crippen LogP contribution in [0, 0.1) is 0 Å². The van der Waals surface area contributed by atoms with Crippen molar-refractivity contribution in [1.29, 1.82) is 0 Å². The number of benzene rings is 9. The molecule has 0 amide bonds. The molecule has 0 bridgehead atoms. The smallest absolute Gasteiger partial charge is 0.137 e. The molecule has 2 nitrogen and oxygen atoms in total. The molecular formula is C58H39NO. The van der Waals surface area contributed by atoms with Gasteiger partial charge in [-0.2, -0.15) is 0 Å². The van der Waals surface area contributed by atoms with Crippen molar-refractivity contribution in [3.63, 3.8) is 0 Å². The molecule has 13 rings (SSSR count). The third-order valence-electron chi connectivity index (χ3n) is 13.9. The minimum Gasteiger partial charge on any atom is -0.456 e. The van der Waals surface area contributed by atoms with E-state index in [1.807, 2.05) is 0 Å². The summed E-state index contributed by atoms with van der Waals surface area (Å²) in [7, 11) is 0. The molecule has 9 aromatic carbocycles.